The van der Waals surface area contributed by atoms with Crippen molar-refractivity contribution in [3.63, 3.8) is 0 Å². The maximum Gasteiger partial charge on any atom is 0.246 e. The first-order valence-corrected chi connectivity index (χ1v) is 15.3. The molecule has 3 aromatic carbocycles. The predicted molar refractivity (Wildman–Crippen MR) is 171 cm³/mol. The number of phenols is 1. The highest BCUT2D eigenvalue weighted by Gasteiger charge is 2.52. The van der Waals surface area contributed by atoms with Crippen LogP contribution < -0.4 is 0 Å². The molecule has 0 unspecified atom stereocenters. The van der Waals surface area contributed by atoms with E-state index in [2.05, 4.69) is 11.6 Å². The van der Waals surface area contributed by atoms with Crippen molar-refractivity contribution in [1.29, 1.82) is 0 Å². The highest BCUT2D eigenvalue weighted by atomic mass is 16.3. The number of para-hydroxylation sites is 1. The van der Waals surface area contributed by atoms with Gasteiger partial charge in [0.25, 0.3) is 0 Å². The number of hydrazine groups is 1. The van der Waals surface area contributed by atoms with E-state index in [1.807, 2.05) is 67.6 Å². The van der Waals surface area contributed by atoms with Crippen molar-refractivity contribution in [2.24, 2.45) is 0 Å². The van der Waals surface area contributed by atoms with Gasteiger partial charge in [-0.05, 0) is 42.7 Å². The fraction of sp³-hybridized carbons (Fsp3) is 0.278. The van der Waals surface area contributed by atoms with E-state index in [-0.39, 0.29) is 55.4 Å². The van der Waals surface area contributed by atoms with Crippen LogP contribution in [-0.4, -0.2) is 79.5 Å². The average Bonchev–Trinajstić information content (AvgIpc) is 3.06. The standard InChI is InChI=1S/C36H37N5O4/c1-3-21-38-24-34(44)40-31(22-27-14-17-29(42)18-15-27)36(45)39(25(2)30-13-7-11-28-12-8-20-37-35(28)30)23-32(40)41(38)33(43)19-16-26-9-5-4-6-10-26/h3-15,17-18,20,25,31-32,42H,1,16,19,21-24H2,2H3/t25-,31-,32-/m0/s1. The number of rotatable bonds is 9. The van der Waals surface area contributed by atoms with Crippen LogP contribution in [0.25, 0.3) is 10.9 Å². The van der Waals surface area contributed by atoms with Crippen LogP contribution in [0.1, 0.15) is 36.1 Å². The molecule has 2 fully saturated rings. The van der Waals surface area contributed by atoms with Gasteiger partial charge < -0.3 is 14.9 Å². The number of benzene rings is 3. The second kappa shape index (κ2) is 12.9. The Kier molecular flexibility index (Phi) is 8.62. The van der Waals surface area contributed by atoms with Crippen molar-refractivity contribution < 1.29 is 19.5 Å². The third-order valence-corrected chi connectivity index (χ3v) is 8.79. The van der Waals surface area contributed by atoms with Gasteiger partial charge >= 0.3 is 0 Å². The van der Waals surface area contributed by atoms with Crippen LogP contribution in [0.3, 0.4) is 0 Å². The summed E-state index contributed by atoms with van der Waals surface area (Å²) in [5.41, 5.74) is 3.55. The Labute approximate surface area is 263 Å². The fourth-order valence-corrected chi connectivity index (χ4v) is 6.57. The predicted octanol–water partition coefficient (Wildman–Crippen LogP) is 4.49. The number of phenolic OH excluding ortho intramolecular Hbond substituents is 1. The molecule has 0 bridgehead atoms. The second-order valence-corrected chi connectivity index (χ2v) is 11.6. The summed E-state index contributed by atoms with van der Waals surface area (Å²) in [5.74, 6) is -0.415. The molecule has 3 atom stereocenters. The molecule has 6 rings (SSSR count). The lowest BCUT2D eigenvalue weighted by Gasteiger charge is -2.56. The monoisotopic (exact) mass is 603 g/mol. The number of piperazine rings is 1. The van der Waals surface area contributed by atoms with E-state index in [0.29, 0.717) is 13.0 Å². The lowest BCUT2D eigenvalue weighted by molar-refractivity contribution is -0.206. The van der Waals surface area contributed by atoms with Crippen molar-refractivity contribution in [2.75, 3.05) is 19.6 Å². The molecular formula is C36H37N5O4. The van der Waals surface area contributed by atoms with Gasteiger partial charge in [-0.2, -0.15) is 0 Å². The topological polar surface area (TPSA) is 97.3 Å². The molecule has 9 heteroatoms. The normalized spacial score (nSPS) is 19.4. The lowest BCUT2D eigenvalue weighted by Crippen LogP contribution is -2.76. The summed E-state index contributed by atoms with van der Waals surface area (Å²) in [6.45, 7) is 6.27. The molecule has 4 aromatic rings. The molecule has 2 aliphatic heterocycles. The van der Waals surface area contributed by atoms with Gasteiger partial charge in [0.1, 0.15) is 18.0 Å². The Morgan fingerprint density at radius 2 is 1.76 bits per heavy atom. The molecule has 9 nitrogen and oxygen atoms in total. The zero-order chi connectivity index (χ0) is 31.5. The first kappa shape index (κ1) is 30.0. The van der Waals surface area contributed by atoms with E-state index in [4.69, 9.17) is 0 Å². The summed E-state index contributed by atoms with van der Waals surface area (Å²) >= 11 is 0. The number of amides is 3. The zero-order valence-electron chi connectivity index (χ0n) is 25.3. The minimum absolute atomic E-state index is 0.0399. The molecule has 45 heavy (non-hydrogen) atoms. The van der Waals surface area contributed by atoms with Crippen LogP contribution in [0.15, 0.2) is 104 Å². The van der Waals surface area contributed by atoms with Crippen LogP contribution in [0.2, 0.25) is 0 Å². The van der Waals surface area contributed by atoms with Crippen molar-refractivity contribution in [3.8, 4) is 5.75 Å². The van der Waals surface area contributed by atoms with E-state index in [1.165, 1.54) is 0 Å². The molecular weight excluding hydrogens is 566 g/mol. The van der Waals surface area contributed by atoms with E-state index >= 15 is 0 Å². The quantitative estimate of drug-likeness (QED) is 0.283. The summed E-state index contributed by atoms with van der Waals surface area (Å²) in [6.07, 6.45) is 3.76. The van der Waals surface area contributed by atoms with Crippen LogP contribution in [0.5, 0.6) is 5.75 Å². The maximum absolute atomic E-state index is 14.5. The molecule has 1 N–H and O–H groups in total. The maximum atomic E-state index is 14.5. The summed E-state index contributed by atoms with van der Waals surface area (Å²) < 4.78 is 0. The number of aryl methyl sites for hydroxylation is 1. The highest BCUT2D eigenvalue weighted by molar-refractivity contribution is 5.92. The minimum Gasteiger partial charge on any atom is -0.508 e. The summed E-state index contributed by atoms with van der Waals surface area (Å²) in [4.78, 5) is 50.5. The molecule has 230 valence electrons. The van der Waals surface area contributed by atoms with Gasteiger partial charge in [0.05, 0.1) is 24.6 Å². The van der Waals surface area contributed by atoms with Crippen molar-refractivity contribution >= 4 is 28.6 Å². The average molecular weight is 604 g/mol. The molecule has 0 saturated carbocycles. The van der Waals surface area contributed by atoms with E-state index in [1.54, 1.807) is 56.4 Å². The minimum atomic E-state index is -0.846. The van der Waals surface area contributed by atoms with Gasteiger partial charge in [-0.1, -0.05) is 72.8 Å². The number of hydrogen-bond acceptors (Lipinski definition) is 6. The Balaban J connectivity index is 1.40. The molecule has 2 aliphatic rings. The number of carbonyl (C=O) groups excluding carboxylic acids is 3. The second-order valence-electron chi connectivity index (χ2n) is 11.6. The van der Waals surface area contributed by atoms with Crippen molar-refractivity contribution in [3.05, 3.63) is 120 Å². The van der Waals surface area contributed by atoms with Gasteiger partial charge in [0, 0.05) is 36.5 Å². The Hall–Kier alpha value is -5.02. The highest BCUT2D eigenvalue weighted by Crippen LogP contribution is 2.35. The first-order valence-electron chi connectivity index (χ1n) is 15.3. The van der Waals surface area contributed by atoms with Gasteiger partial charge in [-0.15, -0.1) is 6.58 Å². The third-order valence-electron chi connectivity index (χ3n) is 8.79. The number of nitrogens with zero attached hydrogens (tertiary/aromatic N) is 5. The van der Waals surface area contributed by atoms with Crippen LogP contribution in [-0.2, 0) is 27.2 Å². The number of carbonyl (C=O) groups is 3. The van der Waals surface area contributed by atoms with E-state index in [0.717, 1.165) is 27.6 Å². The summed E-state index contributed by atoms with van der Waals surface area (Å²) in [5, 5.41) is 14.3. The van der Waals surface area contributed by atoms with E-state index < -0.39 is 12.2 Å². The molecule has 0 radical (unpaired) electrons. The van der Waals surface area contributed by atoms with E-state index in [9.17, 15) is 19.5 Å². The van der Waals surface area contributed by atoms with Crippen LogP contribution in [0, 0.1) is 0 Å². The van der Waals surface area contributed by atoms with Gasteiger partial charge in [-0.3, -0.25) is 19.4 Å². The Bertz CT molecular complexity index is 1700. The summed E-state index contributed by atoms with van der Waals surface area (Å²) in [6, 6.07) is 25.1. The molecule has 2 saturated heterocycles. The number of fused-ring (bicyclic) bond motifs is 2. The molecule has 1 aromatic heterocycles. The molecule has 0 spiro atoms. The Morgan fingerprint density at radius 3 is 2.51 bits per heavy atom. The largest absolute Gasteiger partial charge is 0.508 e. The van der Waals surface area contributed by atoms with Gasteiger partial charge in [0.15, 0.2) is 0 Å². The number of aromatic hydroxyl groups is 1. The SMILES string of the molecule is C=CCN1CC(=O)N2[C@@H](Cc3ccc(O)cc3)C(=O)N([C@@H](C)c3cccc4cccnc34)C[C@@H]2N1C(=O)CCc1ccccc1. The fourth-order valence-electron chi connectivity index (χ4n) is 6.57. The number of hydrogen-bond donors (Lipinski definition) is 1. The lowest BCUT2D eigenvalue weighted by atomic mass is 9.95. The van der Waals surface area contributed by atoms with Crippen molar-refractivity contribution in [2.45, 2.75) is 44.4 Å². The van der Waals surface area contributed by atoms with Gasteiger partial charge in [-0.25, -0.2) is 10.0 Å². The molecule has 3 amide bonds. The zero-order valence-corrected chi connectivity index (χ0v) is 25.3. The third kappa shape index (κ3) is 6.04. The smallest absolute Gasteiger partial charge is 0.246 e. The van der Waals surface area contributed by atoms with Crippen LogP contribution >= 0.6 is 0 Å². The first-order chi connectivity index (χ1) is 21.9. The van der Waals surface area contributed by atoms with Crippen LogP contribution in [0.4, 0.5) is 0 Å². The summed E-state index contributed by atoms with van der Waals surface area (Å²) in [7, 11) is 0. The molecule has 3 heterocycles. The van der Waals surface area contributed by atoms with Gasteiger partial charge in [0.2, 0.25) is 17.7 Å². The molecule has 0 aliphatic carbocycles. The number of pyridine rings is 1. The van der Waals surface area contributed by atoms with Crippen molar-refractivity contribution in [1.82, 2.24) is 24.8 Å². The number of aromatic nitrogens is 1. The Morgan fingerprint density at radius 1 is 1.00 bits per heavy atom.